The highest BCUT2D eigenvalue weighted by Gasteiger charge is 2.20. The zero-order valence-corrected chi connectivity index (χ0v) is 10.1. The average molecular weight is 265 g/mol. The maximum absolute atomic E-state index is 13.3. The van der Waals surface area contributed by atoms with Crippen LogP contribution in [0.1, 0.15) is 11.8 Å². The van der Waals surface area contributed by atoms with Gasteiger partial charge in [0.15, 0.2) is 0 Å². The van der Waals surface area contributed by atoms with Crippen LogP contribution in [0.3, 0.4) is 0 Å². The van der Waals surface area contributed by atoms with Crippen LogP contribution >= 0.6 is 0 Å². The fourth-order valence-corrected chi connectivity index (χ4v) is 2.19. The Morgan fingerprint density at radius 2 is 2.05 bits per heavy atom. The van der Waals surface area contributed by atoms with Crippen molar-refractivity contribution in [2.24, 2.45) is 0 Å². The van der Waals surface area contributed by atoms with Gasteiger partial charge in [0, 0.05) is 19.2 Å². The summed E-state index contributed by atoms with van der Waals surface area (Å²) in [6.07, 6.45) is 3.02. The van der Waals surface area contributed by atoms with Crippen molar-refractivity contribution < 1.29 is 13.5 Å². The number of morpholine rings is 1. The number of imidazole rings is 1. The highest BCUT2D eigenvalue weighted by atomic mass is 19.1. The molecule has 0 aliphatic carbocycles. The Hall–Kier alpha value is -1.79. The van der Waals surface area contributed by atoms with E-state index in [-0.39, 0.29) is 6.10 Å². The van der Waals surface area contributed by atoms with Gasteiger partial charge in [-0.1, -0.05) is 0 Å². The van der Waals surface area contributed by atoms with Crippen LogP contribution in [0.2, 0.25) is 0 Å². The van der Waals surface area contributed by atoms with Gasteiger partial charge in [0.25, 0.3) is 0 Å². The molecule has 1 saturated heterocycles. The second kappa shape index (κ2) is 5.07. The summed E-state index contributed by atoms with van der Waals surface area (Å²) in [6, 6.07) is 3.38. The van der Waals surface area contributed by atoms with Crippen LogP contribution in [-0.2, 0) is 4.74 Å². The number of halogens is 2. The summed E-state index contributed by atoms with van der Waals surface area (Å²) in [4.78, 5) is 4.04. The minimum atomic E-state index is -0.614. The van der Waals surface area contributed by atoms with Crippen molar-refractivity contribution >= 4 is 0 Å². The third kappa shape index (κ3) is 2.50. The molecule has 2 heterocycles. The summed E-state index contributed by atoms with van der Waals surface area (Å²) >= 11 is 0. The molecular formula is C13H13F2N3O. The normalized spacial score (nSPS) is 19.6. The van der Waals surface area contributed by atoms with Gasteiger partial charge < -0.3 is 14.6 Å². The summed E-state index contributed by atoms with van der Waals surface area (Å²) in [5.41, 5.74) is 1.18. The molecule has 1 unspecified atom stereocenters. The number of hydrogen-bond acceptors (Lipinski definition) is 3. The standard InChI is InChI=1S/C13H13F2N3O/c14-9-3-10(15)5-11(4-9)18-8-17-6-12(18)13-7-16-1-2-19-13/h3-6,8,13,16H,1-2,7H2. The Morgan fingerprint density at radius 1 is 1.26 bits per heavy atom. The van der Waals surface area contributed by atoms with Gasteiger partial charge in [-0.15, -0.1) is 0 Å². The van der Waals surface area contributed by atoms with Gasteiger partial charge in [0.05, 0.1) is 30.5 Å². The van der Waals surface area contributed by atoms with E-state index >= 15 is 0 Å². The molecule has 1 aromatic heterocycles. The van der Waals surface area contributed by atoms with Gasteiger partial charge in [-0.05, 0) is 12.1 Å². The highest BCUT2D eigenvalue weighted by molar-refractivity contribution is 5.35. The monoisotopic (exact) mass is 265 g/mol. The van der Waals surface area contributed by atoms with Crippen molar-refractivity contribution in [3.63, 3.8) is 0 Å². The number of nitrogens with zero attached hydrogens (tertiary/aromatic N) is 2. The fourth-order valence-electron chi connectivity index (χ4n) is 2.19. The third-order valence-electron chi connectivity index (χ3n) is 3.05. The summed E-state index contributed by atoms with van der Waals surface area (Å²) < 4.78 is 33.8. The molecule has 1 aliphatic rings. The van der Waals surface area contributed by atoms with Crippen LogP contribution in [0.25, 0.3) is 5.69 Å². The molecule has 19 heavy (non-hydrogen) atoms. The lowest BCUT2D eigenvalue weighted by Crippen LogP contribution is -2.34. The minimum Gasteiger partial charge on any atom is -0.369 e. The lowest BCUT2D eigenvalue weighted by Gasteiger charge is -2.24. The van der Waals surface area contributed by atoms with E-state index in [9.17, 15) is 8.78 Å². The second-order valence-corrected chi connectivity index (χ2v) is 4.38. The lowest BCUT2D eigenvalue weighted by atomic mass is 10.2. The quantitative estimate of drug-likeness (QED) is 0.900. The number of benzene rings is 1. The Bertz CT molecular complexity index is 559. The zero-order valence-electron chi connectivity index (χ0n) is 10.1. The van der Waals surface area contributed by atoms with Crippen molar-refractivity contribution in [2.45, 2.75) is 6.10 Å². The average Bonchev–Trinajstić information content (AvgIpc) is 2.88. The third-order valence-corrected chi connectivity index (χ3v) is 3.05. The molecule has 0 saturated carbocycles. The summed E-state index contributed by atoms with van der Waals surface area (Å²) in [6.45, 7) is 2.07. The van der Waals surface area contributed by atoms with Crippen molar-refractivity contribution in [1.82, 2.24) is 14.9 Å². The maximum Gasteiger partial charge on any atom is 0.128 e. The minimum absolute atomic E-state index is 0.164. The first-order valence-corrected chi connectivity index (χ1v) is 6.05. The van der Waals surface area contributed by atoms with Gasteiger partial charge in [-0.25, -0.2) is 13.8 Å². The van der Waals surface area contributed by atoms with E-state index < -0.39 is 11.6 Å². The number of nitrogens with one attached hydrogen (secondary N) is 1. The van der Waals surface area contributed by atoms with E-state index in [4.69, 9.17) is 4.74 Å². The number of hydrogen-bond donors (Lipinski definition) is 1. The number of rotatable bonds is 2. The van der Waals surface area contributed by atoms with Crippen LogP contribution < -0.4 is 5.32 Å². The molecule has 100 valence electrons. The SMILES string of the molecule is Fc1cc(F)cc(-n2cncc2C2CNCCO2)c1. The van der Waals surface area contributed by atoms with E-state index in [2.05, 4.69) is 10.3 Å². The van der Waals surface area contributed by atoms with Crippen molar-refractivity contribution in [2.75, 3.05) is 19.7 Å². The summed E-state index contributed by atoms with van der Waals surface area (Å²) in [5, 5.41) is 3.21. The molecule has 0 amide bonds. The Morgan fingerprint density at radius 3 is 2.74 bits per heavy atom. The van der Waals surface area contributed by atoms with Gasteiger partial charge >= 0.3 is 0 Å². The first kappa shape index (κ1) is 12.3. The molecule has 1 aliphatic heterocycles. The van der Waals surface area contributed by atoms with Gasteiger partial charge in [-0.2, -0.15) is 0 Å². The van der Waals surface area contributed by atoms with Crippen LogP contribution in [0.15, 0.2) is 30.7 Å². The molecule has 1 fully saturated rings. The van der Waals surface area contributed by atoms with E-state index in [1.807, 2.05) is 0 Å². The molecule has 1 atom stereocenters. The smallest absolute Gasteiger partial charge is 0.128 e. The topological polar surface area (TPSA) is 39.1 Å². The number of ether oxygens (including phenoxy) is 1. The molecule has 6 heteroatoms. The van der Waals surface area contributed by atoms with Crippen molar-refractivity contribution in [1.29, 1.82) is 0 Å². The van der Waals surface area contributed by atoms with Gasteiger partial charge in [0.1, 0.15) is 17.7 Å². The molecule has 0 spiro atoms. The molecule has 4 nitrogen and oxygen atoms in total. The van der Waals surface area contributed by atoms with E-state index in [0.717, 1.165) is 18.3 Å². The Labute approximate surface area is 109 Å². The predicted octanol–water partition coefficient (Wildman–Crippen LogP) is 1.81. The maximum atomic E-state index is 13.3. The first-order valence-electron chi connectivity index (χ1n) is 6.05. The van der Waals surface area contributed by atoms with E-state index in [0.29, 0.717) is 18.8 Å². The molecule has 1 N–H and O–H groups in total. The lowest BCUT2D eigenvalue weighted by molar-refractivity contribution is 0.0240. The van der Waals surface area contributed by atoms with Crippen LogP contribution in [0.5, 0.6) is 0 Å². The predicted molar refractivity (Wildman–Crippen MR) is 65.0 cm³/mol. The molecule has 0 bridgehead atoms. The second-order valence-electron chi connectivity index (χ2n) is 4.38. The Kier molecular flexibility index (Phi) is 3.27. The highest BCUT2D eigenvalue weighted by Crippen LogP contribution is 2.22. The van der Waals surface area contributed by atoms with Crippen LogP contribution in [-0.4, -0.2) is 29.2 Å². The van der Waals surface area contributed by atoms with Crippen molar-refractivity contribution in [3.8, 4) is 5.69 Å². The molecule has 2 aromatic rings. The number of aromatic nitrogens is 2. The van der Waals surface area contributed by atoms with E-state index in [1.165, 1.54) is 18.5 Å². The summed E-state index contributed by atoms with van der Waals surface area (Å²) in [5.74, 6) is -1.23. The van der Waals surface area contributed by atoms with Crippen LogP contribution in [0.4, 0.5) is 8.78 Å². The van der Waals surface area contributed by atoms with Crippen molar-refractivity contribution in [3.05, 3.63) is 48.1 Å². The molecule has 1 aromatic carbocycles. The molecular weight excluding hydrogens is 252 g/mol. The Balaban J connectivity index is 1.98. The largest absolute Gasteiger partial charge is 0.369 e. The van der Waals surface area contributed by atoms with Crippen LogP contribution in [0, 0.1) is 11.6 Å². The molecule has 0 radical (unpaired) electrons. The zero-order chi connectivity index (χ0) is 13.2. The first-order chi connectivity index (χ1) is 9.24. The van der Waals surface area contributed by atoms with Gasteiger partial charge in [0.2, 0.25) is 0 Å². The fraction of sp³-hybridized carbons (Fsp3) is 0.308. The summed E-state index contributed by atoms with van der Waals surface area (Å²) in [7, 11) is 0. The van der Waals surface area contributed by atoms with Gasteiger partial charge in [-0.3, -0.25) is 0 Å². The molecule has 3 rings (SSSR count). The van der Waals surface area contributed by atoms with E-state index in [1.54, 1.807) is 10.8 Å².